The molecule has 0 spiro atoms. The molecule has 0 radical (unpaired) electrons. The van der Waals surface area contributed by atoms with E-state index in [1.165, 1.54) is 19.2 Å². The second kappa shape index (κ2) is 5.36. The van der Waals surface area contributed by atoms with Crippen molar-refractivity contribution in [2.24, 2.45) is 0 Å². The van der Waals surface area contributed by atoms with Gasteiger partial charge in [0.05, 0.1) is 11.6 Å². The number of carboxylic acid groups (broad SMARTS) is 1. The topological polar surface area (TPSA) is 66.8 Å². The highest BCUT2D eigenvalue weighted by Crippen LogP contribution is 2.34. The molecule has 1 fully saturated rings. The lowest BCUT2D eigenvalue weighted by atomic mass is 9.96. The highest BCUT2D eigenvalue weighted by atomic mass is 19.4. The van der Waals surface area contributed by atoms with E-state index in [2.05, 4.69) is 0 Å². The van der Waals surface area contributed by atoms with Crippen LogP contribution in [0.4, 0.5) is 13.2 Å². The van der Waals surface area contributed by atoms with Gasteiger partial charge in [-0.2, -0.15) is 13.2 Å². The molecule has 5 nitrogen and oxygen atoms in total. The van der Waals surface area contributed by atoms with E-state index in [-0.39, 0.29) is 5.56 Å². The molecule has 1 aliphatic heterocycles. The number of rotatable bonds is 2. The summed E-state index contributed by atoms with van der Waals surface area (Å²) in [6.07, 6.45) is -5.96. The Morgan fingerprint density at radius 2 is 2.10 bits per heavy atom. The predicted molar refractivity (Wildman–Crippen MR) is 64.3 cm³/mol. The zero-order chi connectivity index (χ0) is 15.8. The minimum Gasteiger partial charge on any atom is -0.479 e. The zero-order valence-electron chi connectivity index (χ0n) is 10.9. The number of likely N-dealkylation sites (N-methyl/N-ethyl adjacent to an activating group) is 1. The Kier molecular flexibility index (Phi) is 3.91. The van der Waals surface area contributed by atoms with Crippen LogP contribution in [-0.2, 0) is 20.5 Å². The molecule has 1 aromatic rings. The number of carbonyl (C=O) groups excluding carboxylic acids is 1. The molecule has 0 aromatic heterocycles. The number of halogens is 3. The molecule has 21 heavy (non-hydrogen) atoms. The molecular weight excluding hydrogens is 291 g/mol. The van der Waals surface area contributed by atoms with Crippen LogP contribution in [0.15, 0.2) is 24.3 Å². The van der Waals surface area contributed by atoms with Gasteiger partial charge in [0, 0.05) is 7.05 Å². The van der Waals surface area contributed by atoms with Gasteiger partial charge in [-0.1, -0.05) is 12.1 Å². The van der Waals surface area contributed by atoms with Crippen molar-refractivity contribution in [1.29, 1.82) is 0 Å². The number of amides is 1. The maximum Gasteiger partial charge on any atom is 0.416 e. The molecule has 1 N–H and O–H groups in total. The third-order valence-electron chi connectivity index (χ3n) is 3.28. The largest absolute Gasteiger partial charge is 0.479 e. The van der Waals surface area contributed by atoms with Crippen molar-refractivity contribution in [2.45, 2.75) is 18.3 Å². The normalized spacial score (nSPS) is 23.2. The summed E-state index contributed by atoms with van der Waals surface area (Å²) in [7, 11) is 1.34. The number of ether oxygens (including phenoxy) is 1. The molecule has 0 aliphatic carbocycles. The quantitative estimate of drug-likeness (QED) is 0.903. The number of nitrogens with zero attached hydrogens (tertiary/aromatic N) is 1. The molecule has 114 valence electrons. The van der Waals surface area contributed by atoms with Crippen molar-refractivity contribution < 1.29 is 32.6 Å². The van der Waals surface area contributed by atoms with E-state index in [9.17, 15) is 22.8 Å². The lowest BCUT2D eigenvalue weighted by Gasteiger charge is -2.37. The highest BCUT2D eigenvalue weighted by molar-refractivity contribution is 5.82. The van der Waals surface area contributed by atoms with Crippen molar-refractivity contribution in [3.05, 3.63) is 35.4 Å². The van der Waals surface area contributed by atoms with Gasteiger partial charge in [-0.15, -0.1) is 0 Å². The zero-order valence-corrected chi connectivity index (χ0v) is 10.9. The van der Waals surface area contributed by atoms with E-state index in [0.717, 1.165) is 17.0 Å². The standard InChI is InChI=1S/C13H12F3NO4/c1-17-9(18)6-21-11(12(19)20)10(17)7-3-2-4-8(5-7)13(14,15)16/h2-5,10-11H,6H2,1H3,(H,19,20). The molecule has 1 aliphatic rings. The summed E-state index contributed by atoms with van der Waals surface area (Å²) >= 11 is 0. The molecule has 2 rings (SSSR count). The molecule has 1 saturated heterocycles. The van der Waals surface area contributed by atoms with Crippen molar-refractivity contribution in [3.63, 3.8) is 0 Å². The van der Waals surface area contributed by atoms with E-state index in [1.54, 1.807) is 0 Å². The minimum absolute atomic E-state index is 0.0628. The molecule has 2 atom stereocenters. The van der Waals surface area contributed by atoms with E-state index >= 15 is 0 Å². The van der Waals surface area contributed by atoms with Gasteiger partial charge in [-0.3, -0.25) is 4.79 Å². The number of aliphatic carboxylic acids is 1. The summed E-state index contributed by atoms with van der Waals surface area (Å²) in [5.74, 6) is -1.83. The summed E-state index contributed by atoms with van der Waals surface area (Å²) in [5.41, 5.74) is -0.844. The van der Waals surface area contributed by atoms with Gasteiger partial charge in [0.15, 0.2) is 6.10 Å². The summed E-state index contributed by atoms with van der Waals surface area (Å²) in [5, 5.41) is 9.12. The summed E-state index contributed by atoms with van der Waals surface area (Å²) in [6.45, 7) is -0.414. The summed E-state index contributed by atoms with van der Waals surface area (Å²) in [4.78, 5) is 23.9. The minimum atomic E-state index is -4.55. The molecule has 8 heteroatoms. The van der Waals surface area contributed by atoms with Crippen LogP contribution < -0.4 is 0 Å². The van der Waals surface area contributed by atoms with E-state index in [4.69, 9.17) is 9.84 Å². The fraction of sp³-hybridized carbons (Fsp3) is 0.385. The number of benzene rings is 1. The van der Waals surface area contributed by atoms with Gasteiger partial charge in [-0.25, -0.2) is 4.79 Å². The Morgan fingerprint density at radius 3 is 2.67 bits per heavy atom. The van der Waals surface area contributed by atoms with Gasteiger partial charge in [0.25, 0.3) is 0 Å². The number of hydrogen-bond acceptors (Lipinski definition) is 3. The predicted octanol–water partition coefficient (Wildman–Crippen LogP) is 1.69. The lowest BCUT2D eigenvalue weighted by Crippen LogP contribution is -2.50. The third kappa shape index (κ3) is 2.99. The first-order valence-electron chi connectivity index (χ1n) is 5.99. The molecular formula is C13H12F3NO4. The molecule has 0 bridgehead atoms. The Bertz CT molecular complexity index is 573. The number of carbonyl (C=O) groups is 2. The van der Waals surface area contributed by atoms with Crippen LogP contribution in [0.5, 0.6) is 0 Å². The first-order valence-corrected chi connectivity index (χ1v) is 5.99. The Morgan fingerprint density at radius 1 is 1.43 bits per heavy atom. The van der Waals surface area contributed by atoms with E-state index in [0.29, 0.717) is 0 Å². The van der Waals surface area contributed by atoms with Gasteiger partial charge in [0.1, 0.15) is 6.61 Å². The van der Waals surface area contributed by atoms with E-state index < -0.39 is 42.4 Å². The lowest BCUT2D eigenvalue weighted by molar-refractivity contribution is -0.171. The van der Waals surface area contributed by atoms with Gasteiger partial charge >= 0.3 is 12.1 Å². The second-order valence-corrected chi connectivity index (χ2v) is 4.64. The van der Waals surface area contributed by atoms with E-state index in [1.807, 2.05) is 0 Å². The summed E-state index contributed by atoms with van der Waals surface area (Å²) < 4.78 is 43.2. The third-order valence-corrected chi connectivity index (χ3v) is 3.28. The first kappa shape index (κ1) is 15.3. The van der Waals surface area contributed by atoms with Crippen molar-refractivity contribution in [3.8, 4) is 0 Å². The van der Waals surface area contributed by atoms with Crippen LogP contribution in [0.1, 0.15) is 17.2 Å². The van der Waals surface area contributed by atoms with Crippen LogP contribution in [0.2, 0.25) is 0 Å². The van der Waals surface area contributed by atoms with Crippen LogP contribution in [0.3, 0.4) is 0 Å². The van der Waals surface area contributed by atoms with Crippen molar-refractivity contribution in [2.75, 3.05) is 13.7 Å². The first-order chi connectivity index (χ1) is 9.71. The Labute approximate surface area is 117 Å². The van der Waals surface area contributed by atoms with Gasteiger partial charge in [-0.05, 0) is 17.7 Å². The monoisotopic (exact) mass is 303 g/mol. The number of hydrogen-bond donors (Lipinski definition) is 1. The van der Waals surface area contributed by atoms with Crippen LogP contribution in [-0.4, -0.2) is 41.6 Å². The molecule has 1 amide bonds. The fourth-order valence-electron chi connectivity index (χ4n) is 2.22. The SMILES string of the molecule is CN1C(=O)COC(C(=O)O)C1c1cccc(C(F)(F)F)c1. The van der Waals surface area contributed by atoms with Crippen LogP contribution >= 0.6 is 0 Å². The molecule has 1 heterocycles. The smallest absolute Gasteiger partial charge is 0.416 e. The Balaban J connectivity index is 2.45. The van der Waals surface area contributed by atoms with Crippen LogP contribution in [0, 0.1) is 0 Å². The molecule has 0 saturated carbocycles. The van der Waals surface area contributed by atoms with Gasteiger partial charge in [0.2, 0.25) is 5.91 Å². The number of morpholine rings is 1. The second-order valence-electron chi connectivity index (χ2n) is 4.64. The fourth-order valence-corrected chi connectivity index (χ4v) is 2.22. The number of carboxylic acids is 1. The van der Waals surface area contributed by atoms with Crippen molar-refractivity contribution >= 4 is 11.9 Å². The van der Waals surface area contributed by atoms with Crippen molar-refractivity contribution in [1.82, 2.24) is 4.90 Å². The molecule has 2 unspecified atom stereocenters. The van der Waals surface area contributed by atoms with Crippen LogP contribution in [0.25, 0.3) is 0 Å². The maximum absolute atomic E-state index is 12.7. The molecule has 1 aromatic carbocycles. The number of alkyl halides is 3. The highest BCUT2D eigenvalue weighted by Gasteiger charge is 2.41. The average molecular weight is 303 g/mol. The maximum atomic E-state index is 12.7. The Hall–Kier alpha value is -2.09. The average Bonchev–Trinajstić information content (AvgIpc) is 2.40. The summed E-state index contributed by atoms with van der Waals surface area (Å²) in [6, 6.07) is 3.12. The van der Waals surface area contributed by atoms with Gasteiger partial charge < -0.3 is 14.7 Å².